The highest BCUT2D eigenvalue weighted by Gasteiger charge is 2.55. The van der Waals surface area contributed by atoms with E-state index in [0.717, 1.165) is 4.90 Å². The number of nitrogens with zero attached hydrogens (tertiary/aromatic N) is 2. The lowest BCUT2D eigenvalue weighted by atomic mass is 9.83. The van der Waals surface area contributed by atoms with Crippen LogP contribution >= 0.6 is 0 Å². The van der Waals surface area contributed by atoms with Crippen LogP contribution in [0.3, 0.4) is 0 Å². The fourth-order valence-electron chi connectivity index (χ4n) is 7.19. The summed E-state index contributed by atoms with van der Waals surface area (Å²) in [6, 6.07) is -5.01. The van der Waals surface area contributed by atoms with Crippen LogP contribution in [0.25, 0.3) is 0 Å². The molecule has 0 aromatic rings. The van der Waals surface area contributed by atoms with Gasteiger partial charge in [-0.3, -0.25) is 9.63 Å². The molecule has 0 aromatic heterocycles. The van der Waals surface area contributed by atoms with Gasteiger partial charge in [-0.25, -0.2) is 19.2 Å². The lowest BCUT2D eigenvalue weighted by Crippen LogP contribution is -2.71. The topological polar surface area (TPSA) is 320 Å². The van der Waals surface area contributed by atoms with Gasteiger partial charge < -0.3 is 80.5 Å². The molecule has 12 atom stereocenters. The van der Waals surface area contributed by atoms with Gasteiger partial charge in [-0.05, 0) is 94.9 Å². The summed E-state index contributed by atoms with van der Waals surface area (Å²) in [4.78, 5) is 71.9. The second kappa shape index (κ2) is 21.2. The molecule has 1 unspecified atom stereocenters. The maximum absolute atomic E-state index is 13.6. The number of nitrogens with one attached hydrogen (secondary N) is 3. The smallest absolute Gasteiger partial charge is 0.431 e. The number of aliphatic hydroxyl groups is 4. The molecule has 62 heavy (non-hydrogen) atoms. The number of rotatable bonds is 13. The summed E-state index contributed by atoms with van der Waals surface area (Å²) in [6.45, 7) is 15.4. The average Bonchev–Trinajstić information content (AvgIpc) is 3.11. The molecule has 5 amide bonds. The molecule has 0 bridgehead atoms. The van der Waals surface area contributed by atoms with Crippen LogP contribution in [0, 0.1) is 0 Å². The van der Waals surface area contributed by atoms with Crippen molar-refractivity contribution in [2.24, 2.45) is 5.73 Å². The van der Waals surface area contributed by atoms with E-state index in [1.165, 1.54) is 14.0 Å². The Morgan fingerprint density at radius 3 is 1.97 bits per heavy atom. The van der Waals surface area contributed by atoms with Crippen molar-refractivity contribution in [1.82, 2.24) is 25.9 Å². The van der Waals surface area contributed by atoms with Crippen LogP contribution in [0.15, 0.2) is 0 Å². The Hall–Kier alpha value is -3.81. The second-order valence-electron chi connectivity index (χ2n) is 19.1. The molecule has 2 saturated heterocycles. The molecule has 0 radical (unpaired) electrons. The van der Waals surface area contributed by atoms with E-state index in [4.69, 9.17) is 39.0 Å². The Morgan fingerprint density at radius 1 is 0.855 bits per heavy atom. The minimum absolute atomic E-state index is 0.116. The van der Waals surface area contributed by atoms with Gasteiger partial charge in [0.25, 0.3) is 0 Å². The number of carboxylic acid groups (broad SMARTS) is 1. The third-order valence-electron chi connectivity index (χ3n) is 9.93. The van der Waals surface area contributed by atoms with Gasteiger partial charge in [0, 0.05) is 20.1 Å². The first-order valence-electron chi connectivity index (χ1n) is 20.7. The third kappa shape index (κ3) is 15.5. The van der Waals surface area contributed by atoms with Gasteiger partial charge in [0.2, 0.25) is 5.91 Å². The number of hydrogen-bond donors (Lipinski definition) is 9. The van der Waals surface area contributed by atoms with Crippen LogP contribution < -0.4 is 21.7 Å². The summed E-state index contributed by atoms with van der Waals surface area (Å²) in [5.41, 5.74) is 1.11. The first-order chi connectivity index (χ1) is 28.4. The van der Waals surface area contributed by atoms with Gasteiger partial charge in [-0.1, -0.05) is 0 Å². The van der Waals surface area contributed by atoms with E-state index in [0.29, 0.717) is 11.5 Å². The molecule has 0 spiro atoms. The summed E-state index contributed by atoms with van der Waals surface area (Å²) < 4.78 is 33.8. The van der Waals surface area contributed by atoms with E-state index in [9.17, 15) is 49.5 Å². The van der Waals surface area contributed by atoms with Crippen molar-refractivity contribution in [3.8, 4) is 0 Å². The zero-order valence-electron chi connectivity index (χ0n) is 37.6. The van der Waals surface area contributed by atoms with E-state index < -0.39 is 120 Å². The number of amides is 5. The quantitative estimate of drug-likeness (QED) is 0.0886. The number of alkyl carbamates (subject to hydrolysis) is 2. The van der Waals surface area contributed by atoms with Crippen LogP contribution in [0.4, 0.5) is 19.2 Å². The predicted octanol–water partition coefficient (Wildman–Crippen LogP) is 0.280. The normalized spacial score (nSPS) is 31.2. The highest BCUT2D eigenvalue weighted by Crippen LogP contribution is 2.34. The first kappa shape index (κ1) is 52.5. The van der Waals surface area contributed by atoms with Crippen molar-refractivity contribution < 1.29 is 82.8 Å². The van der Waals surface area contributed by atoms with Gasteiger partial charge >= 0.3 is 24.4 Å². The predicted molar refractivity (Wildman–Crippen MR) is 216 cm³/mol. The monoisotopic (exact) mass is 894 g/mol. The van der Waals surface area contributed by atoms with Gasteiger partial charge in [0.1, 0.15) is 52.9 Å². The average molecular weight is 895 g/mol. The first-order valence-corrected chi connectivity index (χ1v) is 20.7. The van der Waals surface area contributed by atoms with Gasteiger partial charge in [-0.15, -0.1) is 0 Å². The van der Waals surface area contributed by atoms with Crippen LogP contribution in [-0.2, 0) is 38.1 Å². The van der Waals surface area contributed by atoms with Crippen LogP contribution in [0.2, 0.25) is 0 Å². The van der Waals surface area contributed by atoms with E-state index in [1.54, 1.807) is 62.3 Å². The Bertz CT molecular complexity index is 1530. The zero-order chi connectivity index (χ0) is 47.1. The number of likely N-dealkylation sites (N-methyl/N-ethyl adjacent to an activating group) is 1. The molecule has 1 saturated carbocycles. The molecular formula is C39H70N6O17. The second-order valence-corrected chi connectivity index (χ2v) is 19.1. The molecule has 10 N–H and O–H groups in total. The summed E-state index contributed by atoms with van der Waals surface area (Å²) >= 11 is 0. The van der Waals surface area contributed by atoms with Crippen molar-refractivity contribution >= 4 is 30.3 Å². The van der Waals surface area contributed by atoms with Crippen molar-refractivity contribution in [3.63, 3.8) is 0 Å². The molecule has 0 aromatic carbocycles. The Labute approximate surface area is 362 Å². The minimum Gasteiger partial charge on any atom is -0.463 e. The van der Waals surface area contributed by atoms with Gasteiger partial charge in [-0.2, -0.15) is 5.06 Å². The number of carbonyl (C=O) groups is 5. The molecule has 2 aliphatic heterocycles. The Morgan fingerprint density at radius 2 is 1.44 bits per heavy atom. The lowest BCUT2D eigenvalue weighted by molar-refractivity contribution is -0.317. The van der Waals surface area contributed by atoms with Crippen LogP contribution in [0.5, 0.6) is 0 Å². The van der Waals surface area contributed by atoms with Gasteiger partial charge in [0.15, 0.2) is 6.29 Å². The number of hydrogen-bond acceptors (Lipinski definition) is 17. The van der Waals surface area contributed by atoms with E-state index >= 15 is 0 Å². The Kier molecular flexibility index (Phi) is 18.0. The third-order valence-corrected chi connectivity index (χ3v) is 9.93. The zero-order valence-corrected chi connectivity index (χ0v) is 37.6. The lowest BCUT2D eigenvalue weighted by Gasteiger charge is -2.50. The number of hydroxylamine groups is 2. The SMILES string of the molecule is CN(C(=O)OC(C)(C)C)[C@@H]1[C@@H](O)[C@@H](O[C@@H]2[C@H](O)[C@H](ON(C(=O)O)[C@@H]3CC[C@@H](CN)OC3)[C@@H](NC(=O)OC(C)(C)C)C[C@H]2NC(=O)C(O)CCNC(=O)OC(C)(C)C)OC[C@]1(C)O. The minimum atomic E-state index is -1.97. The maximum Gasteiger partial charge on any atom is 0.431 e. The number of aliphatic hydroxyl groups excluding tert-OH is 3. The summed E-state index contributed by atoms with van der Waals surface area (Å²) in [7, 11) is 1.29. The largest absolute Gasteiger partial charge is 0.463 e. The fraction of sp³-hybridized carbons (Fsp3) is 0.872. The summed E-state index contributed by atoms with van der Waals surface area (Å²) in [5, 5.41) is 64.7. The molecule has 358 valence electrons. The molecule has 3 aliphatic rings. The summed E-state index contributed by atoms with van der Waals surface area (Å²) in [5.74, 6) is -1.01. The van der Waals surface area contributed by atoms with Crippen molar-refractivity contribution in [3.05, 3.63) is 0 Å². The van der Waals surface area contributed by atoms with Crippen molar-refractivity contribution in [2.45, 2.75) is 184 Å². The summed E-state index contributed by atoms with van der Waals surface area (Å²) in [6.07, 6.45) is -15.2. The van der Waals surface area contributed by atoms with E-state index in [2.05, 4.69) is 16.0 Å². The highest BCUT2D eigenvalue weighted by molar-refractivity contribution is 5.81. The molecular weight excluding hydrogens is 824 g/mol. The fourth-order valence-corrected chi connectivity index (χ4v) is 7.19. The molecule has 3 rings (SSSR count). The Balaban J connectivity index is 2.03. The molecule has 23 nitrogen and oxygen atoms in total. The van der Waals surface area contributed by atoms with E-state index in [-0.39, 0.29) is 45.1 Å². The van der Waals surface area contributed by atoms with Crippen molar-refractivity contribution in [2.75, 3.05) is 33.4 Å². The highest BCUT2D eigenvalue weighted by atomic mass is 16.7. The van der Waals surface area contributed by atoms with Gasteiger partial charge in [0.05, 0.1) is 43.5 Å². The molecule has 2 heterocycles. The number of nitrogens with two attached hydrogens (primary N) is 1. The molecule has 23 heteroatoms. The molecule has 1 aliphatic carbocycles. The maximum atomic E-state index is 13.6. The van der Waals surface area contributed by atoms with Crippen LogP contribution in [-0.4, -0.2) is 189 Å². The van der Waals surface area contributed by atoms with Crippen molar-refractivity contribution in [1.29, 1.82) is 0 Å². The van der Waals surface area contributed by atoms with Crippen LogP contribution in [0.1, 0.15) is 94.9 Å². The number of carbonyl (C=O) groups excluding carboxylic acids is 4. The molecule has 3 fully saturated rings. The number of ether oxygens (including phenoxy) is 6. The standard InChI is InChI=1S/C39H70N6O17/c1-36(2,3)59-32(50)41-15-14-24(46)30(49)42-22-16-23(43-33(51)60-37(4,5)6)28(62-45(34(52)53)20-12-13-21(17-40)56-18-20)25(47)27(22)58-31-26(48)29(39(10,55)19-57-31)44(11)35(54)61-38(7,8)9/h20-29,31,46-48,55H,12-19,40H2,1-11H3,(H,41,50)(H,42,49)(H,43,51)(H,52,53)/t20-,21+,22-,23+,24?,25+,26-,27+,28-,29-,31-,39+/m1/s1. The van der Waals surface area contributed by atoms with E-state index in [1.807, 2.05) is 0 Å².